The van der Waals surface area contributed by atoms with Crippen LogP contribution in [-0.2, 0) is 0 Å². The molecule has 80 valence electrons. The molecule has 2 nitrogen and oxygen atoms in total. The molecule has 0 aliphatic rings. The van der Waals surface area contributed by atoms with E-state index in [-0.39, 0.29) is 6.04 Å². The Balaban J connectivity index is 2.41. The summed E-state index contributed by atoms with van der Waals surface area (Å²) < 4.78 is 0. The third kappa shape index (κ3) is 2.12. The van der Waals surface area contributed by atoms with Crippen molar-refractivity contribution in [3.63, 3.8) is 0 Å². The predicted octanol–water partition coefficient (Wildman–Crippen LogP) is 3.51. The molecule has 2 rings (SSSR count). The quantitative estimate of drug-likeness (QED) is 0.869. The normalized spacial score (nSPS) is 13.1. The zero-order valence-electron chi connectivity index (χ0n) is 9.07. The SMILES string of the molecule is Cc1cc(-c2csc(C(C)N)n2)c(C)s1. The van der Waals surface area contributed by atoms with E-state index < -0.39 is 0 Å². The highest BCUT2D eigenvalue weighted by atomic mass is 32.1. The smallest absolute Gasteiger partial charge is 0.110 e. The van der Waals surface area contributed by atoms with E-state index in [1.807, 2.05) is 18.3 Å². The number of nitrogens with zero attached hydrogens (tertiary/aromatic N) is 1. The fraction of sp³-hybridized carbons (Fsp3) is 0.364. The van der Waals surface area contributed by atoms with Crippen LogP contribution in [0.2, 0.25) is 0 Å². The maximum absolute atomic E-state index is 5.80. The Morgan fingerprint density at radius 1 is 1.40 bits per heavy atom. The summed E-state index contributed by atoms with van der Waals surface area (Å²) in [7, 11) is 0. The molecule has 2 heterocycles. The van der Waals surface area contributed by atoms with Gasteiger partial charge in [-0.2, -0.15) is 0 Å². The number of hydrogen-bond acceptors (Lipinski definition) is 4. The predicted molar refractivity (Wildman–Crippen MR) is 67.5 cm³/mol. The van der Waals surface area contributed by atoms with E-state index in [4.69, 9.17) is 5.73 Å². The monoisotopic (exact) mass is 238 g/mol. The first kappa shape index (κ1) is 10.8. The van der Waals surface area contributed by atoms with Gasteiger partial charge in [-0.3, -0.25) is 0 Å². The summed E-state index contributed by atoms with van der Waals surface area (Å²) in [6.07, 6.45) is 0. The van der Waals surface area contributed by atoms with E-state index in [9.17, 15) is 0 Å². The molecule has 1 unspecified atom stereocenters. The van der Waals surface area contributed by atoms with Gasteiger partial charge in [-0.15, -0.1) is 22.7 Å². The van der Waals surface area contributed by atoms with E-state index in [0.29, 0.717) is 0 Å². The highest BCUT2D eigenvalue weighted by Crippen LogP contribution is 2.32. The lowest BCUT2D eigenvalue weighted by Gasteiger charge is -1.97. The van der Waals surface area contributed by atoms with Crippen molar-refractivity contribution in [1.82, 2.24) is 4.98 Å². The lowest BCUT2D eigenvalue weighted by Crippen LogP contribution is -2.03. The summed E-state index contributed by atoms with van der Waals surface area (Å²) in [4.78, 5) is 7.21. The topological polar surface area (TPSA) is 38.9 Å². The fourth-order valence-corrected chi connectivity index (χ4v) is 3.22. The van der Waals surface area contributed by atoms with Gasteiger partial charge >= 0.3 is 0 Å². The standard InChI is InChI=1S/C11H14N2S2/c1-6-4-9(8(3)15-6)10-5-14-11(13-10)7(2)12/h4-5,7H,12H2,1-3H3. The number of rotatable bonds is 2. The molecule has 0 aliphatic carbocycles. The molecule has 0 amide bonds. The minimum Gasteiger partial charge on any atom is -0.322 e. The zero-order valence-corrected chi connectivity index (χ0v) is 10.7. The van der Waals surface area contributed by atoms with Crippen LogP contribution < -0.4 is 5.73 Å². The third-order valence-corrected chi connectivity index (χ3v) is 4.24. The number of nitrogens with two attached hydrogens (primary N) is 1. The van der Waals surface area contributed by atoms with Crippen molar-refractivity contribution in [2.45, 2.75) is 26.8 Å². The van der Waals surface area contributed by atoms with Gasteiger partial charge in [0.2, 0.25) is 0 Å². The van der Waals surface area contributed by atoms with Crippen LogP contribution in [0.3, 0.4) is 0 Å². The molecule has 15 heavy (non-hydrogen) atoms. The van der Waals surface area contributed by atoms with Crippen LogP contribution in [0.15, 0.2) is 11.4 Å². The van der Waals surface area contributed by atoms with Crippen LogP contribution in [0.4, 0.5) is 0 Å². The Bertz CT molecular complexity index is 469. The number of thiazole rings is 1. The average Bonchev–Trinajstić information content (AvgIpc) is 2.71. The van der Waals surface area contributed by atoms with E-state index in [2.05, 4.69) is 30.3 Å². The lowest BCUT2D eigenvalue weighted by molar-refractivity contribution is 0.808. The molecular weight excluding hydrogens is 224 g/mol. The summed E-state index contributed by atoms with van der Waals surface area (Å²) in [5.74, 6) is 0. The van der Waals surface area contributed by atoms with Crippen LogP contribution in [0.25, 0.3) is 11.3 Å². The van der Waals surface area contributed by atoms with Gasteiger partial charge in [0, 0.05) is 20.7 Å². The second-order valence-corrected chi connectivity index (χ2v) is 6.04. The fourth-order valence-electron chi connectivity index (χ4n) is 1.51. The molecule has 2 aromatic rings. The van der Waals surface area contributed by atoms with Crippen LogP contribution >= 0.6 is 22.7 Å². The molecule has 0 radical (unpaired) electrons. The molecule has 0 saturated carbocycles. The molecule has 2 N–H and O–H groups in total. The Hall–Kier alpha value is -0.710. The second kappa shape index (κ2) is 4.04. The van der Waals surface area contributed by atoms with Crippen molar-refractivity contribution in [3.8, 4) is 11.3 Å². The van der Waals surface area contributed by atoms with Gasteiger partial charge in [0.05, 0.1) is 11.7 Å². The van der Waals surface area contributed by atoms with Crippen LogP contribution in [0.1, 0.15) is 27.7 Å². The molecule has 0 aromatic carbocycles. The first-order valence-electron chi connectivity index (χ1n) is 4.86. The molecule has 4 heteroatoms. The van der Waals surface area contributed by atoms with Gasteiger partial charge < -0.3 is 5.73 Å². The third-order valence-electron chi connectivity index (χ3n) is 2.23. The van der Waals surface area contributed by atoms with Gasteiger partial charge in [-0.25, -0.2) is 4.98 Å². The maximum Gasteiger partial charge on any atom is 0.110 e. The van der Waals surface area contributed by atoms with Crippen molar-refractivity contribution in [1.29, 1.82) is 0 Å². The molecule has 0 fully saturated rings. The van der Waals surface area contributed by atoms with Crippen molar-refractivity contribution in [2.75, 3.05) is 0 Å². The number of thiophene rings is 1. The molecule has 0 saturated heterocycles. The summed E-state index contributed by atoms with van der Waals surface area (Å²) in [5.41, 5.74) is 8.11. The first-order chi connectivity index (χ1) is 7.08. The first-order valence-corrected chi connectivity index (χ1v) is 6.56. The van der Waals surface area contributed by atoms with Gasteiger partial charge in [-0.1, -0.05) is 0 Å². The van der Waals surface area contributed by atoms with Crippen LogP contribution in [0, 0.1) is 13.8 Å². The van der Waals surface area contributed by atoms with E-state index in [1.165, 1.54) is 15.3 Å². The minimum atomic E-state index is 0.0313. The zero-order chi connectivity index (χ0) is 11.0. The molecule has 2 aromatic heterocycles. The molecule has 0 spiro atoms. The van der Waals surface area contributed by atoms with Gasteiger partial charge in [0.15, 0.2) is 0 Å². The van der Waals surface area contributed by atoms with Crippen LogP contribution in [-0.4, -0.2) is 4.98 Å². The maximum atomic E-state index is 5.80. The van der Waals surface area contributed by atoms with Crippen molar-refractivity contribution in [3.05, 3.63) is 26.2 Å². The van der Waals surface area contributed by atoms with Crippen molar-refractivity contribution < 1.29 is 0 Å². The molecule has 1 atom stereocenters. The number of aryl methyl sites for hydroxylation is 2. The van der Waals surface area contributed by atoms with E-state index in [0.717, 1.165) is 10.7 Å². The van der Waals surface area contributed by atoms with Gasteiger partial charge in [0.1, 0.15) is 5.01 Å². The summed E-state index contributed by atoms with van der Waals surface area (Å²) in [6, 6.07) is 2.23. The molecule has 0 bridgehead atoms. The highest BCUT2D eigenvalue weighted by Gasteiger charge is 2.11. The molecule has 0 aliphatic heterocycles. The van der Waals surface area contributed by atoms with Crippen LogP contribution in [0.5, 0.6) is 0 Å². The lowest BCUT2D eigenvalue weighted by atomic mass is 10.2. The number of hydrogen-bond donors (Lipinski definition) is 1. The van der Waals surface area contributed by atoms with Gasteiger partial charge in [0.25, 0.3) is 0 Å². The Morgan fingerprint density at radius 3 is 2.60 bits per heavy atom. The summed E-state index contributed by atoms with van der Waals surface area (Å²) >= 11 is 3.45. The second-order valence-electron chi connectivity index (χ2n) is 3.69. The van der Waals surface area contributed by atoms with Crippen molar-refractivity contribution in [2.24, 2.45) is 5.73 Å². The average molecular weight is 238 g/mol. The van der Waals surface area contributed by atoms with E-state index in [1.54, 1.807) is 11.3 Å². The summed E-state index contributed by atoms with van der Waals surface area (Å²) in [5, 5.41) is 3.10. The van der Waals surface area contributed by atoms with Gasteiger partial charge in [-0.05, 0) is 26.8 Å². The number of aromatic nitrogens is 1. The largest absolute Gasteiger partial charge is 0.322 e. The minimum absolute atomic E-state index is 0.0313. The molecular formula is C11H14N2S2. The Kier molecular flexibility index (Phi) is 2.91. The Labute approximate surface area is 97.8 Å². The van der Waals surface area contributed by atoms with E-state index >= 15 is 0 Å². The van der Waals surface area contributed by atoms with Crippen molar-refractivity contribution >= 4 is 22.7 Å². The highest BCUT2D eigenvalue weighted by molar-refractivity contribution is 7.12. The summed E-state index contributed by atoms with van der Waals surface area (Å²) in [6.45, 7) is 6.23. The Morgan fingerprint density at radius 2 is 2.13 bits per heavy atom.